The third-order valence-electron chi connectivity index (χ3n) is 3.68. The van der Waals surface area contributed by atoms with Crippen LogP contribution < -0.4 is 0 Å². The van der Waals surface area contributed by atoms with Crippen LogP contribution in [-0.4, -0.2) is 16.3 Å². The number of benzene rings is 1. The molecule has 0 heterocycles. The van der Waals surface area contributed by atoms with Gasteiger partial charge in [-0.25, -0.2) is 4.79 Å². The molecule has 0 aliphatic heterocycles. The molecule has 0 spiro atoms. The smallest absolute Gasteiger partial charge is 0.336 e. The van der Waals surface area contributed by atoms with Gasteiger partial charge in [-0.1, -0.05) is 13.0 Å². The minimum atomic E-state index is -0.766. The largest absolute Gasteiger partial charge is 0.478 e. The SMILES string of the molecule is CCc1ccc(C(=O)O)c(C2CC2)c1SC1CC1. The lowest BCUT2D eigenvalue weighted by Crippen LogP contribution is -2.05. The Morgan fingerprint density at radius 2 is 2.06 bits per heavy atom. The normalized spacial score (nSPS) is 18.9. The second-order valence-corrected chi connectivity index (χ2v) is 6.58. The van der Waals surface area contributed by atoms with Gasteiger partial charge in [0.15, 0.2) is 0 Å². The summed E-state index contributed by atoms with van der Waals surface area (Å²) < 4.78 is 0. The highest BCUT2D eigenvalue weighted by Crippen LogP contribution is 2.50. The van der Waals surface area contributed by atoms with Crippen molar-refractivity contribution in [1.82, 2.24) is 0 Å². The molecule has 2 nitrogen and oxygen atoms in total. The van der Waals surface area contributed by atoms with E-state index in [1.165, 1.54) is 23.3 Å². The summed E-state index contributed by atoms with van der Waals surface area (Å²) in [4.78, 5) is 12.7. The molecule has 18 heavy (non-hydrogen) atoms. The van der Waals surface area contributed by atoms with Crippen molar-refractivity contribution in [1.29, 1.82) is 0 Å². The molecular formula is C15H18O2S. The van der Waals surface area contributed by atoms with Crippen LogP contribution >= 0.6 is 11.8 Å². The maximum absolute atomic E-state index is 11.4. The molecule has 0 bridgehead atoms. The highest BCUT2D eigenvalue weighted by Gasteiger charge is 2.34. The van der Waals surface area contributed by atoms with Crippen LogP contribution in [0.1, 0.15) is 60.0 Å². The molecule has 0 saturated heterocycles. The zero-order valence-electron chi connectivity index (χ0n) is 10.6. The number of thioether (sulfide) groups is 1. The van der Waals surface area contributed by atoms with Gasteiger partial charge in [-0.05, 0) is 55.2 Å². The Bertz CT molecular complexity index is 488. The quantitative estimate of drug-likeness (QED) is 0.868. The fourth-order valence-electron chi connectivity index (χ4n) is 2.38. The number of aryl methyl sites for hydroxylation is 1. The molecule has 0 amide bonds. The van der Waals surface area contributed by atoms with Crippen molar-refractivity contribution in [3.8, 4) is 0 Å². The van der Waals surface area contributed by atoms with E-state index in [0.717, 1.165) is 30.1 Å². The van der Waals surface area contributed by atoms with Crippen LogP contribution in [0.15, 0.2) is 17.0 Å². The molecule has 2 aliphatic carbocycles. The predicted octanol–water partition coefficient (Wildman–Crippen LogP) is 4.08. The molecule has 3 rings (SSSR count). The molecule has 0 atom stereocenters. The third-order valence-corrected chi connectivity index (χ3v) is 5.21. The van der Waals surface area contributed by atoms with E-state index in [0.29, 0.717) is 11.5 Å². The second-order valence-electron chi connectivity index (χ2n) is 5.27. The Kier molecular flexibility index (Phi) is 3.10. The van der Waals surface area contributed by atoms with Crippen LogP contribution in [0.2, 0.25) is 0 Å². The van der Waals surface area contributed by atoms with E-state index in [4.69, 9.17) is 0 Å². The summed E-state index contributed by atoms with van der Waals surface area (Å²) >= 11 is 1.92. The Hall–Kier alpha value is -0.960. The van der Waals surface area contributed by atoms with Gasteiger partial charge in [0.1, 0.15) is 0 Å². The van der Waals surface area contributed by atoms with E-state index in [9.17, 15) is 9.90 Å². The van der Waals surface area contributed by atoms with E-state index in [2.05, 4.69) is 6.92 Å². The first kappa shape index (κ1) is 12.1. The predicted molar refractivity (Wildman–Crippen MR) is 73.6 cm³/mol. The van der Waals surface area contributed by atoms with Crippen LogP contribution in [0.4, 0.5) is 0 Å². The van der Waals surface area contributed by atoms with Crippen molar-refractivity contribution in [3.63, 3.8) is 0 Å². The zero-order valence-corrected chi connectivity index (χ0v) is 11.4. The molecule has 0 unspecified atom stereocenters. The average molecular weight is 262 g/mol. The van der Waals surface area contributed by atoms with Crippen LogP contribution in [0, 0.1) is 0 Å². The lowest BCUT2D eigenvalue weighted by Gasteiger charge is -2.15. The van der Waals surface area contributed by atoms with Crippen molar-refractivity contribution in [2.75, 3.05) is 0 Å². The number of rotatable bonds is 5. The first-order chi connectivity index (χ1) is 8.70. The molecule has 1 N–H and O–H groups in total. The van der Waals surface area contributed by atoms with E-state index in [1.807, 2.05) is 23.9 Å². The van der Waals surface area contributed by atoms with Crippen molar-refractivity contribution in [2.45, 2.75) is 55.1 Å². The zero-order chi connectivity index (χ0) is 12.7. The van der Waals surface area contributed by atoms with Gasteiger partial charge in [0, 0.05) is 10.1 Å². The Labute approximate surface area is 112 Å². The molecule has 1 aromatic rings. The van der Waals surface area contributed by atoms with Crippen LogP contribution in [0.25, 0.3) is 0 Å². The molecule has 2 aliphatic rings. The van der Waals surface area contributed by atoms with Gasteiger partial charge in [0.05, 0.1) is 5.56 Å². The topological polar surface area (TPSA) is 37.3 Å². The van der Waals surface area contributed by atoms with Crippen LogP contribution in [-0.2, 0) is 6.42 Å². The van der Waals surface area contributed by atoms with Gasteiger partial charge >= 0.3 is 5.97 Å². The molecule has 2 saturated carbocycles. The lowest BCUT2D eigenvalue weighted by atomic mass is 9.99. The van der Waals surface area contributed by atoms with E-state index in [1.54, 1.807) is 0 Å². The fourth-order valence-corrected chi connectivity index (χ4v) is 3.85. The van der Waals surface area contributed by atoms with Crippen molar-refractivity contribution in [2.24, 2.45) is 0 Å². The summed E-state index contributed by atoms with van der Waals surface area (Å²) in [6.07, 6.45) is 5.89. The van der Waals surface area contributed by atoms with Gasteiger partial charge < -0.3 is 5.11 Å². The Morgan fingerprint density at radius 3 is 2.56 bits per heavy atom. The maximum Gasteiger partial charge on any atom is 0.336 e. The summed E-state index contributed by atoms with van der Waals surface area (Å²) in [6.45, 7) is 2.16. The van der Waals surface area contributed by atoms with Gasteiger partial charge in [-0.2, -0.15) is 0 Å². The summed E-state index contributed by atoms with van der Waals surface area (Å²) in [6, 6.07) is 3.83. The summed E-state index contributed by atoms with van der Waals surface area (Å²) in [7, 11) is 0. The number of aromatic carboxylic acids is 1. The Balaban J connectivity index is 2.09. The summed E-state index contributed by atoms with van der Waals surface area (Å²) in [5.41, 5.74) is 3.01. The van der Waals surface area contributed by atoms with Gasteiger partial charge in [-0.15, -0.1) is 11.8 Å². The first-order valence-electron chi connectivity index (χ1n) is 6.76. The standard InChI is InChI=1S/C15H18O2S/c1-2-9-5-8-12(15(16)17)13(10-3-4-10)14(9)18-11-6-7-11/h5,8,10-11H,2-4,6-7H2,1H3,(H,16,17). The monoisotopic (exact) mass is 262 g/mol. The number of carboxylic acids is 1. The average Bonchev–Trinajstić information content (AvgIpc) is 3.22. The molecule has 1 aromatic carbocycles. The van der Waals surface area contributed by atoms with E-state index < -0.39 is 5.97 Å². The van der Waals surface area contributed by atoms with Gasteiger partial charge in [0.2, 0.25) is 0 Å². The summed E-state index contributed by atoms with van der Waals surface area (Å²) in [5, 5.41) is 10.1. The van der Waals surface area contributed by atoms with Gasteiger partial charge in [-0.3, -0.25) is 0 Å². The molecule has 96 valence electrons. The molecular weight excluding hydrogens is 244 g/mol. The highest BCUT2D eigenvalue weighted by atomic mass is 32.2. The number of hydrogen-bond donors (Lipinski definition) is 1. The molecule has 3 heteroatoms. The highest BCUT2D eigenvalue weighted by molar-refractivity contribution is 8.00. The second kappa shape index (κ2) is 4.61. The summed E-state index contributed by atoms with van der Waals surface area (Å²) in [5.74, 6) is -0.263. The lowest BCUT2D eigenvalue weighted by molar-refractivity contribution is 0.0695. The van der Waals surface area contributed by atoms with Gasteiger partial charge in [0.25, 0.3) is 0 Å². The van der Waals surface area contributed by atoms with Crippen molar-refractivity contribution >= 4 is 17.7 Å². The molecule has 0 radical (unpaired) electrons. The number of carboxylic acid groups (broad SMARTS) is 1. The van der Waals surface area contributed by atoms with E-state index >= 15 is 0 Å². The maximum atomic E-state index is 11.4. The minimum absolute atomic E-state index is 0.504. The fraction of sp³-hybridized carbons (Fsp3) is 0.533. The minimum Gasteiger partial charge on any atom is -0.478 e. The van der Waals surface area contributed by atoms with Crippen LogP contribution in [0.3, 0.4) is 0 Å². The van der Waals surface area contributed by atoms with E-state index in [-0.39, 0.29) is 0 Å². The number of hydrogen-bond acceptors (Lipinski definition) is 2. The van der Waals surface area contributed by atoms with Crippen molar-refractivity contribution < 1.29 is 9.90 Å². The first-order valence-corrected chi connectivity index (χ1v) is 7.64. The number of carbonyl (C=O) groups is 1. The third kappa shape index (κ3) is 2.28. The van der Waals surface area contributed by atoms with Crippen molar-refractivity contribution in [3.05, 3.63) is 28.8 Å². The van der Waals surface area contributed by atoms with Crippen LogP contribution in [0.5, 0.6) is 0 Å². The molecule has 0 aromatic heterocycles. The Morgan fingerprint density at radius 1 is 1.33 bits per heavy atom. The molecule has 2 fully saturated rings.